The Morgan fingerprint density at radius 2 is 1.81 bits per heavy atom. The van der Waals surface area contributed by atoms with E-state index >= 15 is 0 Å². The number of rotatable bonds is 4. The van der Waals surface area contributed by atoms with Gasteiger partial charge in [-0.15, -0.1) is 11.3 Å². The summed E-state index contributed by atoms with van der Waals surface area (Å²) in [5, 5.41) is 6.20. The topological polar surface area (TPSA) is 99.1 Å². The zero-order valence-electron chi connectivity index (χ0n) is 17.6. The minimum atomic E-state index is -0.507. The Morgan fingerprint density at radius 3 is 2.47 bits per heavy atom. The Morgan fingerprint density at radius 1 is 1.16 bits per heavy atom. The van der Waals surface area contributed by atoms with Crippen molar-refractivity contribution in [3.05, 3.63) is 65.3 Å². The van der Waals surface area contributed by atoms with Gasteiger partial charge in [0.15, 0.2) is 5.13 Å². The SMILES string of the molecule is Cc1oc2c(c1CC(=O)Nc1nc(-c3cc(Cl)c(C)c(Cl)c3)cs1)c(=O)n(C)c(=O)n2C. The Bertz CT molecular complexity index is 1490. The molecule has 11 heteroatoms. The molecular weight excluding hydrogens is 475 g/mol. The number of fused-ring (bicyclic) bond motifs is 1. The van der Waals surface area contributed by atoms with Crippen LogP contribution in [0.3, 0.4) is 0 Å². The molecule has 8 nitrogen and oxygen atoms in total. The number of benzene rings is 1. The van der Waals surface area contributed by atoms with Gasteiger partial charge >= 0.3 is 5.69 Å². The van der Waals surface area contributed by atoms with Crippen molar-refractivity contribution in [1.82, 2.24) is 14.1 Å². The van der Waals surface area contributed by atoms with Crippen LogP contribution in [0.15, 0.2) is 31.5 Å². The molecule has 0 aliphatic rings. The Balaban J connectivity index is 1.61. The number of hydrogen-bond donors (Lipinski definition) is 1. The van der Waals surface area contributed by atoms with Crippen LogP contribution in [0.2, 0.25) is 10.0 Å². The van der Waals surface area contributed by atoms with Gasteiger partial charge in [0, 0.05) is 40.6 Å². The number of nitrogens with zero attached hydrogens (tertiary/aromatic N) is 3. The maximum atomic E-state index is 12.7. The molecule has 0 atom stereocenters. The minimum absolute atomic E-state index is 0.108. The first-order chi connectivity index (χ1) is 15.1. The fourth-order valence-electron chi connectivity index (χ4n) is 3.38. The summed E-state index contributed by atoms with van der Waals surface area (Å²) >= 11 is 13.7. The summed E-state index contributed by atoms with van der Waals surface area (Å²) in [5.41, 5.74) is 1.72. The lowest BCUT2D eigenvalue weighted by molar-refractivity contribution is -0.115. The largest absolute Gasteiger partial charge is 0.444 e. The molecule has 166 valence electrons. The molecule has 0 saturated carbocycles. The zero-order valence-corrected chi connectivity index (χ0v) is 19.9. The highest BCUT2D eigenvalue weighted by molar-refractivity contribution is 7.14. The lowest BCUT2D eigenvalue weighted by Gasteiger charge is -2.05. The van der Waals surface area contributed by atoms with Crippen LogP contribution in [0.1, 0.15) is 16.9 Å². The van der Waals surface area contributed by atoms with Crippen LogP contribution in [-0.4, -0.2) is 20.0 Å². The van der Waals surface area contributed by atoms with Crippen molar-refractivity contribution in [2.45, 2.75) is 20.3 Å². The van der Waals surface area contributed by atoms with Crippen molar-refractivity contribution < 1.29 is 9.21 Å². The molecule has 0 aliphatic heterocycles. The average Bonchev–Trinajstić information content (AvgIpc) is 3.33. The van der Waals surface area contributed by atoms with Crippen LogP contribution in [0.4, 0.5) is 5.13 Å². The molecule has 32 heavy (non-hydrogen) atoms. The number of amides is 1. The first-order valence-electron chi connectivity index (χ1n) is 9.47. The van der Waals surface area contributed by atoms with Gasteiger partial charge in [-0.1, -0.05) is 23.2 Å². The highest BCUT2D eigenvalue weighted by atomic mass is 35.5. The molecule has 1 aromatic carbocycles. The van der Waals surface area contributed by atoms with Crippen LogP contribution in [0.25, 0.3) is 22.4 Å². The Kier molecular flexibility index (Phi) is 5.74. The van der Waals surface area contributed by atoms with Gasteiger partial charge in [-0.2, -0.15) is 0 Å². The quantitative estimate of drug-likeness (QED) is 0.463. The number of carbonyl (C=O) groups is 1. The summed E-state index contributed by atoms with van der Waals surface area (Å²) in [7, 11) is 2.90. The first kappa shape index (κ1) is 22.3. The summed E-state index contributed by atoms with van der Waals surface area (Å²) in [6.07, 6.45) is -0.108. The molecule has 1 amide bonds. The third-order valence-electron chi connectivity index (χ3n) is 5.25. The molecule has 0 bridgehead atoms. The van der Waals surface area contributed by atoms with Gasteiger partial charge in [0.2, 0.25) is 11.6 Å². The van der Waals surface area contributed by atoms with Crippen molar-refractivity contribution in [3.63, 3.8) is 0 Å². The van der Waals surface area contributed by atoms with E-state index in [0.29, 0.717) is 32.2 Å². The maximum absolute atomic E-state index is 12.7. The number of anilines is 1. The summed E-state index contributed by atoms with van der Waals surface area (Å²) in [6.45, 7) is 3.48. The van der Waals surface area contributed by atoms with Crippen molar-refractivity contribution in [3.8, 4) is 11.3 Å². The molecule has 4 rings (SSSR count). The second kappa shape index (κ2) is 8.23. The minimum Gasteiger partial charge on any atom is -0.444 e. The molecule has 3 heterocycles. The van der Waals surface area contributed by atoms with Crippen molar-refractivity contribution in [2.75, 3.05) is 5.32 Å². The van der Waals surface area contributed by atoms with E-state index in [4.69, 9.17) is 27.6 Å². The number of furan rings is 1. The lowest BCUT2D eigenvalue weighted by Crippen LogP contribution is -2.36. The van der Waals surface area contributed by atoms with Crippen molar-refractivity contribution in [1.29, 1.82) is 0 Å². The second-order valence-electron chi connectivity index (χ2n) is 7.35. The molecule has 0 radical (unpaired) electrons. The van der Waals surface area contributed by atoms with Crippen LogP contribution < -0.4 is 16.6 Å². The normalized spacial score (nSPS) is 11.3. The number of thiazole rings is 1. The standard InChI is InChI=1S/C21H18Cl2N4O4S/c1-9-13(22)5-11(6-14(9)23)15-8-32-20(24-15)25-16(28)7-12-10(2)31-19-17(12)18(29)26(3)21(30)27(19)4/h5-6,8H,7H2,1-4H3,(H,24,25,28). The van der Waals surface area contributed by atoms with E-state index in [1.807, 2.05) is 6.92 Å². The Hall–Kier alpha value is -2.88. The molecule has 4 aromatic rings. The molecule has 0 fully saturated rings. The van der Waals surface area contributed by atoms with Gasteiger partial charge in [-0.3, -0.25) is 18.7 Å². The maximum Gasteiger partial charge on any atom is 0.333 e. The van der Waals surface area contributed by atoms with Gasteiger partial charge in [-0.05, 0) is 31.5 Å². The number of nitrogens with one attached hydrogen (secondary N) is 1. The van der Waals surface area contributed by atoms with E-state index in [-0.39, 0.29) is 23.4 Å². The summed E-state index contributed by atoms with van der Waals surface area (Å²) in [6, 6.07) is 3.54. The van der Waals surface area contributed by atoms with Gasteiger partial charge < -0.3 is 9.73 Å². The van der Waals surface area contributed by atoms with Crippen LogP contribution >= 0.6 is 34.5 Å². The van der Waals surface area contributed by atoms with Gasteiger partial charge in [0.05, 0.1) is 12.1 Å². The summed E-state index contributed by atoms with van der Waals surface area (Å²) in [5.74, 6) is 0.0322. The van der Waals surface area contributed by atoms with E-state index in [2.05, 4.69) is 10.3 Å². The highest BCUT2D eigenvalue weighted by Gasteiger charge is 2.22. The van der Waals surface area contributed by atoms with Crippen LogP contribution in [0.5, 0.6) is 0 Å². The zero-order chi connectivity index (χ0) is 23.3. The third kappa shape index (κ3) is 3.76. The predicted octanol–water partition coefficient (Wildman–Crippen LogP) is 4.06. The van der Waals surface area contributed by atoms with Crippen LogP contribution in [0, 0.1) is 13.8 Å². The fraction of sp³-hybridized carbons (Fsp3) is 0.238. The van der Waals surface area contributed by atoms with E-state index in [9.17, 15) is 14.4 Å². The average molecular weight is 493 g/mol. The summed E-state index contributed by atoms with van der Waals surface area (Å²) < 4.78 is 7.86. The number of aryl methyl sites for hydroxylation is 2. The number of aromatic nitrogens is 3. The molecular formula is C21H18Cl2N4O4S. The molecule has 3 aromatic heterocycles. The van der Waals surface area contributed by atoms with E-state index in [0.717, 1.165) is 15.7 Å². The molecule has 0 spiro atoms. The van der Waals surface area contributed by atoms with E-state index < -0.39 is 11.2 Å². The number of carbonyl (C=O) groups excluding carboxylic acids is 1. The highest BCUT2D eigenvalue weighted by Crippen LogP contribution is 2.32. The monoisotopic (exact) mass is 492 g/mol. The Labute approximate surface area is 196 Å². The van der Waals surface area contributed by atoms with E-state index in [1.165, 1.54) is 30.0 Å². The van der Waals surface area contributed by atoms with Crippen LogP contribution in [-0.2, 0) is 25.3 Å². The molecule has 0 unspecified atom stereocenters. The smallest absolute Gasteiger partial charge is 0.333 e. The molecule has 0 saturated heterocycles. The summed E-state index contributed by atoms with van der Waals surface area (Å²) in [4.78, 5) is 41.9. The number of halogens is 2. The fourth-order valence-corrected chi connectivity index (χ4v) is 4.60. The van der Waals surface area contributed by atoms with Crippen molar-refractivity contribution in [2.24, 2.45) is 14.1 Å². The lowest BCUT2D eigenvalue weighted by atomic mass is 10.1. The van der Waals surface area contributed by atoms with Gasteiger partial charge in [0.1, 0.15) is 11.1 Å². The third-order valence-corrected chi connectivity index (χ3v) is 6.79. The predicted molar refractivity (Wildman–Crippen MR) is 126 cm³/mol. The van der Waals surface area contributed by atoms with Gasteiger partial charge in [-0.25, -0.2) is 9.78 Å². The van der Waals surface area contributed by atoms with E-state index in [1.54, 1.807) is 24.4 Å². The number of hydrogen-bond acceptors (Lipinski definition) is 6. The second-order valence-corrected chi connectivity index (χ2v) is 9.02. The molecule has 1 N–H and O–H groups in total. The van der Waals surface area contributed by atoms with Crippen molar-refractivity contribution >= 4 is 56.7 Å². The van der Waals surface area contributed by atoms with Gasteiger partial charge in [0.25, 0.3) is 5.56 Å². The first-order valence-corrected chi connectivity index (χ1v) is 11.1. The molecule has 0 aliphatic carbocycles.